The van der Waals surface area contributed by atoms with Crippen molar-refractivity contribution in [3.05, 3.63) is 39.4 Å². The van der Waals surface area contributed by atoms with Crippen LogP contribution < -0.4 is 5.32 Å². The zero-order valence-electron chi connectivity index (χ0n) is 15.7. The van der Waals surface area contributed by atoms with Gasteiger partial charge in [-0.05, 0) is 64.3 Å². The van der Waals surface area contributed by atoms with Gasteiger partial charge in [0.05, 0.1) is 4.92 Å². The van der Waals surface area contributed by atoms with Crippen LogP contribution >= 0.6 is 0 Å². The van der Waals surface area contributed by atoms with Crippen molar-refractivity contribution in [2.75, 3.05) is 13.1 Å². The zero-order chi connectivity index (χ0) is 18.6. The number of carbonyl (C=O) groups excluding carboxylic acids is 1. The Hall–Kier alpha value is -1.95. The van der Waals surface area contributed by atoms with E-state index in [-0.39, 0.29) is 28.0 Å². The van der Waals surface area contributed by atoms with Gasteiger partial charge in [-0.2, -0.15) is 0 Å². The van der Waals surface area contributed by atoms with Crippen LogP contribution in [0.25, 0.3) is 0 Å². The summed E-state index contributed by atoms with van der Waals surface area (Å²) in [5.74, 6) is 0.197. The standard InChI is InChI=1S/C19H29N3O3/c1-5-14-10-15(12-17(11-14)22(24)25)13-21-8-6-16(7-9-21)18(23)20-19(2,3)4/h10-12,16H,5-9,13H2,1-4H3,(H,20,23). The molecule has 0 unspecified atom stereocenters. The summed E-state index contributed by atoms with van der Waals surface area (Å²) in [7, 11) is 0. The minimum atomic E-state index is -0.328. The van der Waals surface area contributed by atoms with Crippen LogP contribution in [0.1, 0.15) is 51.7 Å². The number of amides is 1. The summed E-state index contributed by atoms with van der Waals surface area (Å²) in [6, 6.07) is 5.36. The molecular weight excluding hydrogens is 318 g/mol. The van der Waals surface area contributed by atoms with Gasteiger partial charge in [-0.3, -0.25) is 19.8 Å². The molecule has 1 fully saturated rings. The Morgan fingerprint density at radius 3 is 2.36 bits per heavy atom. The number of nitrogens with zero attached hydrogens (tertiary/aromatic N) is 2. The molecule has 1 aromatic rings. The number of carbonyl (C=O) groups is 1. The molecule has 6 heteroatoms. The number of hydrogen-bond acceptors (Lipinski definition) is 4. The molecular formula is C19H29N3O3. The lowest BCUT2D eigenvalue weighted by Crippen LogP contribution is -2.46. The van der Waals surface area contributed by atoms with E-state index in [9.17, 15) is 14.9 Å². The molecule has 0 bridgehead atoms. The van der Waals surface area contributed by atoms with Crippen molar-refractivity contribution in [1.29, 1.82) is 0 Å². The summed E-state index contributed by atoms with van der Waals surface area (Å²) >= 11 is 0. The fourth-order valence-corrected chi connectivity index (χ4v) is 3.23. The fourth-order valence-electron chi connectivity index (χ4n) is 3.23. The average Bonchev–Trinajstić information content (AvgIpc) is 2.53. The maximum Gasteiger partial charge on any atom is 0.270 e. The van der Waals surface area contributed by atoms with Crippen LogP contribution in [0, 0.1) is 16.0 Å². The summed E-state index contributed by atoms with van der Waals surface area (Å²) < 4.78 is 0. The van der Waals surface area contributed by atoms with Gasteiger partial charge < -0.3 is 5.32 Å². The third kappa shape index (κ3) is 5.81. The lowest BCUT2D eigenvalue weighted by molar-refractivity contribution is -0.385. The van der Waals surface area contributed by atoms with E-state index in [1.165, 1.54) is 0 Å². The molecule has 0 spiro atoms. The van der Waals surface area contributed by atoms with Crippen LogP contribution in [-0.2, 0) is 17.8 Å². The molecule has 6 nitrogen and oxygen atoms in total. The Balaban J connectivity index is 1.95. The molecule has 1 heterocycles. The SMILES string of the molecule is CCc1cc(CN2CCC(C(=O)NC(C)(C)C)CC2)cc([N+](=O)[O-])c1. The van der Waals surface area contributed by atoms with E-state index in [4.69, 9.17) is 0 Å². The van der Waals surface area contributed by atoms with Gasteiger partial charge >= 0.3 is 0 Å². The van der Waals surface area contributed by atoms with E-state index >= 15 is 0 Å². The highest BCUT2D eigenvalue weighted by Gasteiger charge is 2.27. The summed E-state index contributed by atoms with van der Waals surface area (Å²) in [6.45, 7) is 10.4. The molecule has 0 aromatic heterocycles. The van der Waals surface area contributed by atoms with Crippen molar-refractivity contribution in [1.82, 2.24) is 10.2 Å². The monoisotopic (exact) mass is 347 g/mol. The van der Waals surface area contributed by atoms with E-state index in [2.05, 4.69) is 10.2 Å². The molecule has 138 valence electrons. The lowest BCUT2D eigenvalue weighted by Gasteiger charge is -2.33. The van der Waals surface area contributed by atoms with E-state index in [0.29, 0.717) is 6.54 Å². The highest BCUT2D eigenvalue weighted by molar-refractivity contribution is 5.79. The number of nitrogens with one attached hydrogen (secondary N) is 1. The minimum absolute atomic E-state index is 0.0618. The van der Waals surface area contributed by atoms with Crippen LogP contribution in [0.3, 0.4) is 0 Å². The van der Waals surface area contributed by atoms with Crippen molar-refractivity contribution in [3.8, 4) is 0 Å². The molecule has 0 saturated carbocycles. The molecule has 0 aliphatic carbocycles. The molecule has 1 aliphatic heterocycles. The summed E-state index contributed by atoms with van der Waals surface area (Å²) in [4.78, 5) is 25.3. The number of non-ortho nitro benzene ring substituents is 1. The van der Waals surface area contributed by atoms with Crippen molar-refractivity contribution in [2.24, 2.45) is 5.92 Å². The minimum Gasteiger partial charge on any atom is -0.351 e. The highest BCUT2D eigenvalue weighted by Crippen LogP contribution is 2.23. The van der Waals surface area contributed by atoms with Gasteiger partial charge in [0.15, 0.2) is 0 Å². The predicted molar refractivity (Wildman–Crippen MR) is 98.4 cm³/mol. The molecule has 1 amide bonds. The number of nitro groups is 1. The molecule has 2 rings (SSSR count). The molecule has 1 saturated heterocycles. The molecule has 1 aliphatic rings. The first-order valence-electron chi connectivity index (χ1n) is 8.99. The molecule has 0 radical (unpaired) electrons. The summed E-state index contributed by atoms with van der Waals surface area (Å²) in [5, 5.41) is 14.1. The first-order chi connectivity index (χ1) is 11.7. The zero-order valence-corrected chi connectivity index (χ0v) is 15.7. The van der Waals surface area contributed by atoms with Crippen LogP contribution in [-0.4, -0.2) is 34.4 Å². The quantitative estimate of drug-likeness (QED) is 0.655. The van der Waals surface area contributed by atoms with Gasteiger partial charge in [-0.25, -0.2) is 0 Å². The second-order valence-corrected chi connectivity index (χ2v) is 7.91. The number of hydrogen-bond donors (Lipinski definition) is 1. The summed E-state index contributed by atoms with van der Waals surface area (Å²) in [5.41, 5.74) is 1.93. The van der Waals surface area contributed by atoms with Crippen molar-refractivity contribution >= 4 is 11.6 Å². The van der Waals surface area contributed by atoms with Crippen LogP contribution in [0.5, 0.6) is 0 Å². The van der Waals surface area contributed by atoms with Gasteiger partial charge in [-0.15, -0.1) is 0 Å². The predicted octanol–water partition coefficient (Wildman–Crippen LogP) is 3.28. The van der Waals surface area contributed by atoms with Crippen LogP contribution in [0.15, 0.2) is 18.2 Å². The van der Waals surface area contributed by atoms with E-state index in [1.54, 1.807) is 12.1 Å². The molecule has 1 aromatic carbocycles. The van der Waals surface area contributed by atoms with Gasteiger partial charge in [-0.1, -0.05) is 13.0 Å². The first kappa shape index (κ1) is 19.4. The average molecular weight is 347 g/mol. The van der Waals surface area contributed by atoms with Crippen LogP contribution in [0.2, 0.25) is 0 Å². The molecule has 0 atom stereocenters. The van der Waals surface area contributed by atoms with E-state index < -0.39 is 0 Å². The fraction of sp³-hybridized carbons (Fsp3) is 0.632. The van der Waals surface area contributed by atoms with Crippen LogP contribution in [0.4, 0.5) is 5.69 Å². The molecule has 1 N–H and O–H groups in total. The number of likely N-dealkylation sites (tertiary alicyclic amines) is 1. The number of aryl methyl sites for hydroxylation is 1. The Morgan fingerprint density at radius 1 is 1.24 bits per heavy atom. The summed E-state index contributed by atoms with van der Waals surface area (Å²) in [6.07, 6.45) is 2.44. The van der Waals surface area contributed by atoms with Gasteiger partial charge in [0.25, 0.3) is 5.69 Å². The van der Waals surface area contributed by atoms with Crippen molar-refractivity contribution < 1.29 is 9.72 Å². The van der Waals surface area contributed by atoms with E-state index in [0.717, 1.165) is 43.5 Å². The smallest absolute Gasteiger partial charge is 0.270 e. The van der Waals surface area contributed by atoms with Crippen molar-refractivity contribution in [2.45, 2.75) is 59.0 Å². The van der Waals surface area contributed by atoms with Crippen molar-refractivity contribution in [3.63, 3.8) is 0 Å². The number of benzene rings is 1. The number of piperidine rings is 1. The largest absolute Gasteiger partial charge is 0.351 e. The normalized spacial score (nSPS) is 16.6. The lowest BCUT2D eigenvalue weighted by atomic mass is 9.94. The Kier molecular flexibility index (Phi) is 6.16. The second kappa shape index (κ2) is 7.95. The maximum atomic E-state index is 12.3. The Labute approximate surface area is 149 Å². The number of nitro benzene ring substituents is 1. The Bertz CT molecular complexity index is 629. The Morgan fingerprint density at radius 2 is 1.84 bits per heavy atom. The third-order valence-corrected chi connectivity index (χ3v) is 4.52. The van der Waals surface area contributed by atoms with Gasteiger partial charge in [0, 0.05) is 30.1 Å². The second-order valence-electron chi connectivity index (χ2n) is 7.91. The molecule has 25 heavy (non-hydrogen) atoms. The highest BCUT2D eigenvalue weighted by atomic mass is 16.6. The third-order valence-electron chi connectivity index (χ3n) is 4.52. The van der Waals surface area contributed by atoms with E-state index in [1.807, 2.05) is 33.8 Å². The first-order valence-corrected chi connectivity index (χ1v) is 8.99. The van der Waals surface area contributed by atoms with Gasteiger partial charge in [0.2, 0.25) is 5.91 Å². The number of rotatable bonds is 5. The topological polar surface area (TPSA) is 75.5 Å². The van der Waals surface area contributed by atoms with Gasteiger partial charge in [0.1, 0.15) is 0 Å². The maximum absolute atomic E-state index is 12.3.